The van der Waals surface area contributed by atoms with Gasteiger partial charge in [-0.15, -0.1) is 11.6 Å². The van der Waals surface area contributed by atoms with Crippen LogP contribution in [0.5, 0.6) is 0 Å². The minimum atomic E-state index is -0.439. The van der Waals surface area contributed by atoms with Crippen molar-refractivity contribution in [2.75, 3.05) is 5.88 Å². The van der Waals surface area contributed by atoms with Crippen LogP contribution in [0.15, 0.2) is 0 Å². The summed E-state index contributed by atoms with van der Waals surface area (Å²) in [6, 6.07) is -0.348. The lowest BCUT2D eigenvalue weighted by atomic mass is 10.0. The molecule has 1 atom stereocenters. The summed E-state index contributed by atoms with van der Waals surface area (Å²) in [5, 5.41) is 4.97. The van der Waals surface area contributed by atoms with Crippen LogP contribution in [0.25, 0.3) is 0 Å². The van der Waals surface area contributed by atoms with Crippen molar-refractivity contribution in [3.05, 3.63) is 0 Å². The Balaban J connectivity index is 3.96. The third-order valence-electron chi connectivity index (χ3n) is 2.14. The lowest BCUT2D eigenvalue weighted by molar-refractivity contribution is -0.119. The van der Waals surface area contributed by atoms with Crippen molar-refractivity contribution in [1.82, 2.24) is 10.6 Å². The number of nitrogens with one attached hydrogen (secondary N) is 2. The van der Waals surface area contributed by atoms with Crippen LogP contribution >= 0.6 is 11.6 Å². The van der Waals surface area contributed by atoms with Crippen molar-refractivity contribution in [1.29, 1.82) is 0 Å². The number of carbonyl (C=O) groups is 2. The Morgan fingerprint density at radius 2 is 1.93 bits per heavy atom. The van der Waals surface area contributed by atoms with E-state index in [0.717, 1.165) is 6.42 Å². The first-order chi connectivity index (χ1) is 7.01. The van der Waals surface area contributed by atoms with E-state index >= 15 is 0 Å². The summed E-state index contributed by atoms with van der Waals surface area (Å²) in [6.07, 6.45) is 1.00. The number of hydrogen-bond donors (Lipinski definition) is 2. The van der Waals surface area contributed by atoms with Gasteiger partial charge < -0.3 is 5.32 Å². The van der Waals surface area contributed by atoms with Crippen LogP contribution in [0.4, 0.5) is 4.79 Å². The van der Waals surface area contributed by atoms with Gasteiger partial charge in [-0.25, -0.2) is 4.79 Å². The van der Waals surface area contributed by atoms with Crippen LogP contribution in [0, 0.1) is 5.92 Å². The van der Waals surface area contributed by atoms with Crippen molar-refractivity contribution in [3.8, 4) is 0 Å². The molecule has 4 nitrogen and oxygen atoms in total. The molecule has 0 saturated carbocycles. The molecule has 0 aromatic heterocycles. The molecule has 0 aromatic carbocycles. The normalized spacial score (nSPS) is 12.3. The third kappa shape index (κ3) is 6.33. The Morgan fingerprint density at radius 3 is 2.33 bits per heavy atom. The Morgan fingerprint density at radius 1 is 1.33 bits per heavy atom. The van der Waals surface area contributed by atoms with Crippen molar-refractivity contribution in [2.45, 2.75) is 39.7 Å². The van der Waals surface area contributed by atoms with E-state index in [9.17, 15) is 9.59 Å². The van der Waals surface area contributed by atoms with Crippen LogP contribution in [-0.2, 0) is 4.79 Å². The van der Waals surface area contributed by atoms with Gasteiger partial charge in [-0.3, -0.25) is 10.1 Å². The van der Waals surface area contributed by atoms with Crippen LogP contribution in [0.1, 0.15) is 33.6 Å². The average molecular weight is 235 g/mol. The Hall–Kier alpha value is -0.770. The zero-order valence-corrected chi connectivity index (χ0v) is 10.2. The van der Waals surface area contributed by atoms with E-state index in [2.05, 4.69) is 10.6 Å². The second-order valence-corrected chi connectivity index (χ2v) is 4.10. The summed E-state index contributed by atoms with van der Waals surface area (Å²) >= 11 is 5.37. The summed E-state index contributed by atoms with van der Waals surface area (Å²) in [5.74, 6) is 0.227. The molecule has 0 aromatic rings. The molecule has 88 valence electrons. The number of rotatable bonds is 5. The first-order valence-electron chi connectivity index (χ1n) is 5.17. The predicted octanol–water partition coefficient (Wildman–Crippen LogP) is 1.88. The first kappa shape index (κ1) is 14.2. The maximum atomic E-state index is 11.3. The smallest absolute Gasteiger partial charge is 0.321 e. The quantitative estimate of drug-likeness (QED) is 0.714. The Bertz CT molecular complexity index is 219. The summed E-state index contributed by atoms with van der Waals surface area (Å²) in [5.41, 5.74) is 0. The molecule has 0 aliphatic rings. The molecular formula is C10H19ClN2O2. The summed E-state index contributed by atoms with van der Waals surface area (Å²) in [4.78, 5) is 22.4. The predicted molar refractivity (Wildman–Crippen MR) is 60.9 cm³/mol. The topological polar surface area (TPSA) is 58.2 Å². The minimum Gasteiger partial charge on any atom is -0.335 e. The lowest BCUT2D eigenvalue weighted by Gasteiger charge is -2.20. The number of hydrogen-bond acceptors (Lipinski definition) is 2. The van der Waals surface area contributed by atoms with Gasteiger partial charge >= 0.3 is 6.03 Å². The Labute approximate surface area is 95.7 Å². The number of carbonyl (C=O) groups excluding carboxylic acids is 2. The summed E-state index contributed by atoms with van der Waals surface area (Å²) in [7, 11) is 0. The van der Waals surface area contributed by atoms with Gasteiger partial charge in [-0.2, -0.15) is 0 Å². The van der Waals surface area contributed by atoms with Gasteiger partial charge in [0.05, 0.1) is 0 Å². The highest BCUT2D eigenvalue weighted by molar-refractivity contribution is 6.19. The number of alkyl halides is 1. The van der Waals surface area contributed by atoms with Gasteiger partial charge in [0, 0.05) is 18.3 Å². The van der Waals surface area contributed by atoms with Gasteiger partial charge in [0.2, 0.25) is 5.91 Å². The lowest BCUT2D eigenvalue weighted by Crippen LogP contribution is -2.46. The molecule has 0 fully saturated rings. The minimum absolute atomic E-state index is 0.0915. The highest BCUT2D eigenvalue weighted by atomic mass is 35.5. The molecular weight excluding hydrogens is 216 g/mol. The van der Waals surface area contributed by atoms with Crippen molar-refractivity contribution < 1.29 is 9.59 Å². The van der Waals surface area contributed by atoms with E-state index in [-0.39, 0.29) is 24.2 Å². The van der Waals surface area contributed by atoms with E-state index < -0.39 is 6.03 Å². The van der Waals surface area contributed by atoms with Gasteiger partial charge in [0.15, 0.2) is 0 Å². The molecule has 0 spiro atoms. The van der Waals surface area contributed by atoms with E-state index in [1.54, 1.807) is 0 Å². The van der Waals surface area contributed by atoms with E-state index in [1.807, 2.05) is 20.8 Å². The van der Waals surface area contributed by atoms with Crippen molar-refractivity contribution >= 4 is 23.5 Å². The van der Waals surface area contributed by atoms with Gasteiger partial charge in [0.1, 0.15) is 0 Å². The van der Waals surface area contributed by atoms with Gasteiger partial charge in [0.25, 0.3) is 0 Å². The summed E-state index contributed by atoms with van der Waals surface area (Å²) < 4.78 is 0. The van der Waals surface area contributed by atoms with Crippen LogP contribution < -0.4 is 10.6 Å². The highest BCUT2D eigenvalue weighted by Gasteiger charge is 2.15. The van der Waals surface area contributed by atoms with Crippen LogP contribution in [0.2, 0.25) is 0 Å². The fourth-order valence-electron chi connectivity index (χ4n) is 1.22. The number of imide groups is 1. The first-order valence-corrected chi connectivity index (χ1v) is 5.71. The zero-order valence-electron chi connectivity index (χ0n) is 9.47. The second kappa shape index (κ2) is 7.51. The zero-order chi connectivity index (χ0) is 11.8. The van der Waals surface area contributed by atoms with Crippen LogP contribution in [-0.4, -0.2) is 23.9 Å². The van der Waals surface area contributed by atoms with Gasteiger partial charge in [-0.05, 0) is 12.3 Å². The van der Waals surface area contributed by atoms with E-state index in [1.165, 1.54) is 0 Å². The molecule has 2 N–H and O–H groups in total. The Kier molecular flexibility index (Phi) is 7.13. The molecule has 3 amide bonds. The molecule has 15 heavy (non-hydrogen) atoms. The van der Waals surface area contributed by atoms with Crippen molar-refractivity contribution in [3.63, 3.8) is 0 Å². The highest BCUT2D eigenvalue weighted by Crippen LogP contribution is 2.04. The third-order valence-corrected chi connectivity index (χ3v) is 2.32. The second-order valence-electron chi connectivity index (χ2n) is 3.72. The van der Waals surface area contributed by atoms with Crippen LogP contribution in [0.3, 0.4) is 0 Å². The van der Waals surface area contributed by atoms with E-state index in [4.69, 9.17) is 11.6 Å². The largest absolute Gasteiger partial charge is 0.335 e. The standard InChI is InChI=1S/C10H19ClN2O2/c1-4-8(7(2)3)12-10(15)13-9(14)5-6-11/h7-8H,4-6H2,1-3H3,(H2,12,13,14,15). The van der Waals surface area contributed by atoms with Crippen molar-refractivity contribution in [2.24, 2.45) is 5.92 Å². The maximum absolute atomic E-state index is 11.3. The van der Waals surface area contributed by atoms with E-state index in [0.29, 0.717) is 5.92 Å². The average Bonchev–Trinajstić information content (AvgIpc) is 2.13. The molecule has 5 heteroatoms. The van der Waals surface area contributed by atoms with Gasteiger partial charge in [-0.1, -0.05) is 20.8 Å². The fourth-order valence-corrected chi connectivity index (χ4v) is 1.39. The fraction of sp³-hybridized carbons (Fsp3) is 0.800. The molecule has 0 aliphatic carbocycles. The molecule has 0 heterocycles. The molecule has 0 aliphatic heterocycles. The molecule has 0 radical (unpaired) electrons. The molecule has 1 unspecified atom stereocenters. The maximum Gasteiger partial charge on any atom is 0.321 e. The number of amides is 3. The molecule has 0 bridgehead atoms. The molecule has 0 saturated heterocycles. The summed E-state index contributed by atoms with van der Waals surface area (Å²) in [6.45, 7) is 6.04. The number of urea groups is 1. The molecule has 0 rings (SSSR count). The number of halogens is 1. The monoisotopic (exact) mass is 234 g/mol. The SMILES string of the molecule is CCC(NC(=O)NC(=O)CCCl)C(C)C.